The van der Waals surface area contributed by atoms with Gasteiger partial charge in [-0.25, -0.2) is 4.79 Å². The van der Waals surface area contributed by atoms with Crippen LogP contribution in [-0.4, -0.2) is 53.8 Å². The van der Waals surface area contributed by atoms with Gasteiger partial charge >= 0.3 is 6.03 Å². The summed E-state index contributed by atoms with van der Waals surface area (Å²) in [6, 6.07) is 7.16. The van der Waals surface area contributed by atoms with E-state index >= 15 is 0 Å². The fourth-order valence-corrected chi connectivity index (χ4v) is 2.15. The van der Waals surface area contributed by atoms with Crippen LogP contribution in [0.25, 0.3) is 0 Å². The van der Waals surface area contributed by atoms with Crippen molar-refractivity contribution < 1.29 is 9.59 Å². The molecule has 0 fully saturated rings. The van der Waals surface area contributed by atoms with E-state index in [1.54, 1.807) is 6.20 Å². The molecule has 134 valence electrons. The van der Waals surface area contributed by atoms with Gasteiger partial charge in [-0.3, -0.25) is 9.48 Å². The maximum atomic E-state index is 12.0. The Kier molecular flexibility index (Phi) is 6.53. The second kappa shape index (κ2) is 8.84. The molecule has 3 amide bonds. The molecular weight excluding hydrogens is 320 g/mol. The van der Waals surface area contributed by atoms with Crippen molar-refractivity contribution in [3.63, 3.8) is 0 Å². The van der Waals surface area contributed by atoms with E-state index in [1.807, 2.05) is 50.2 Å². The van der Waals surface area contributed by atoms with E-state index in [9.17, 15) is 9.59 Å². The Morgan fingerprint density at radius 3 is 2.68 bits per heavy atom. The van der Waals surface area contributed by atoms with Gasteiger partial charge in [-0.2, -0.15) is 5.10 Å². The minimum atomic E-state index is -0.361. The van der Waals surface area contributed by atoms with Crippen molar-refractivity contribution >= 4 is 23.3 Å². The highest BCUT2D eigenvalue weighted by Crippen LogP contribution is 2.11. The summed E-state index contributed by atoms with van der Waals surface area (Å²) in [5, 5.41) is 12.3. The molecule has 3 N–H and O–H groups in total. The van der Waals surface area contributed by atoms with E-state index in [1.165, 1.54) is 10.9 Å². The normalized spacial score (nSPS) is 10.6. The summed E-state index contributed by atoms with van der Waals surface area (Å²) in [5.41, 5.74) is 2.29. The number of hydrogen-bond donors (Lipinski definition) is 3. The monoisotopic (exact) mass is 344 g/mol. The van der Waals surface area contributed by atoms with Crippen LogP contribution in [0, 0.1) is 6.92 Å². The van der Waals surface area contributed by atoms with Crippen LogP contribution in [0.1, 0.15) is 5.56 Å². The van der Waals surface area contributed by atoms with Crippen molar-refractivity contribution in [1.29, 1.82) is 0 Å². The first-order valence-corrected chi connectivity index (χ1v) is 8.01. The van der Waals surface area contributed by atoms with Crippen LogP contribution in [0.15, 0.2) is 36.7 Å². The average molecular weight is 344 g/mol. The van der Waals surface area contributed by atoms with E-state index < -0.39 is 0 Å². The number of rotatable bonds is 7. The van der Waals surface area contributed by atoms with Crippen LogP contribution in [0.5, 0.6) is 0 Å². The van der Waals surface area contributed by atoms with Gasteiger partial charge in [0, 0.05) is 25.0 Å². The maximum absolute atomic E-state index is 12.0. The predicted octanol–water partition coefficient (Wildman–Crippen LogP) is 1.51. The molecule has 0 aliphatic rings. The van der Waals surface area contributed by atoms with Gasteiger partial charge < -0.3 is 20.9 Å². The van der Waals surface area contributed by atoms with Crippen LogP contribution < -0.4 is 16.0 Å². The zero-order valence-electron chi connectivity index (χ0n) is 14.7. The minimum absolute atomic E-state index is 0.106. The first-order valence-electron chi connectivity index (χ1n) is 8.01. The molecule has 0 spiro atoms. The van der Waals surface area contributed by atoms with Crippen LogP contribution in [0.4, 0.5) is 16.2 Å². The van der Waals surface area contributed by atoms with Crippen molar-refractivity contribution in [2.24, 2.45) is 0 Å². The van der Waals surface area contributed by atoms with Gasteiger partial charge in [0.15, 0.2) is 0 Å². The third-order valence-corrected chi connectivity index (χ3v) is 3.35. The Balaban J connectivity index is 1.80. The van der Waals surface area contributed by atoms with Gasteiger partial charge in [0.25, 0.3) is 0 Å². The molecule has 0 radical (unpaired) electrons. The molecule has 0 bridgehead atoms. The molecule has 1 aromatic heterocycles. The summed E-state index contributed by atoms with van der Waals surface area (Å²) >= 11 is 0. The number of nitrogens with one attached hydrogen (secondary N) is 3. The maximum Gasteiger partial charge on any atom is 0.323 e. The molecule has 8 nitrogen and oxygen atoms in total. The van der Waals surface area contributed by atoms with Crippen molar-refractivity contribution in [3.8, 4) is 0 Å². The number of hydrogen-bond acceptors (Lipinski definition) is 4. The molecule has 0 aliphatic carbocycles. The Bertz CT molecular complexity index is 725. The fourth-order valence-electron chi connectivity index (χ4n) is 2.15. The van der Waals surface area contributed by atoms with Crippen LogP contribution in [-0.2, 0) is 11.3 Å². The van der Waals surface area contributed by atoms with Crippen LogP contribution in [0.3, 0.4) is 0 Å². The predicted molar refractivity (Wildman–Crippen MR) is 97.6 cm³/mol. The number of aromatic nitrogens is 2. The highest BCUT2D eigenvalue weighted by Gasteiger charge is 2.07. The molecule has 0 unspecified atom stereocenters. The second-order valence-corrected chi connectivity index (χ2v) is 6.03. The standard InChI is InChI=1S/C17H24N6O2/c1-13-5-4-6-14(9-13)20-17(25)21-15-10-19-23(11-15)12-16(24)18-7-8-22(2)3/h4-6,9-11H,7-8,12H2,1-3H3,(H,18,24)(H2,20,21,25). The second-order valence-electron chi connectivity index (χ2n) is 6.03. The summed E-state index contributed by atoms with van der Waals surface area (Å²) in [6.07, 6.45) is 3.12. The molecule has 2 aromatic rings. The van der Waals surface area contributed by atoms with Gasteiger partial charge in [0.1, 0.15) is 6.54 Å². The minimum Gasteiger partial charge on any atom is -0.353 e. The molecule has 0 atom stereocenters. The first kappa shape index (κ1) is 18.5. The van der Waals surface area contributed by atoms with Gasteiger partial charge in [-0.15, -0.1) is 0 Å². The van der Waals surface area contributed by atoms with E-state index in [-0.39, 0.29) is 18.5 Å². The average Bonchev–Trinajstić information content (AvgIpc) is 2.93. The number of anilines is 2. The Morgan fingerprint density at radius 2 is 1.96 bits per heavy atom. The molecule has 0 saturated carbocycles. The lowest BCUT2D eigenvalue weighted by Crippen LogP contribution is -2.33. The number of nitrogens with zero attached hydrogens (tertiary/aromatic N) is 3. The molecular formula is C17H24N6O2. The molecule has 8 heteroatoms. The molecule has 1 aromatic carbocycles. The van der Waals surface area contributed by atoms with E-state index in [4.69, 9.17) is 0 Å². The third kappa shape index (κ3) is 6.64. The van der Waals surface area contributed by atoms with Gasteiger partial charge in [-0.05, 0) is 38.7 Å². The zero-order valence-corrected chi connectivity index (χ0v) is 14.7. The quantitative estimate of drug-likeness (QED) is 0.710. The van der Waals surface area contributed by atoms with E-state index in [2.05, 4.69) is 21.0 Å². The van der Waals surface area contributed by atoms with Crippen LogP contribution >= 0.6 is 0 Å². The SMILES string of the molecule is Cc1cccc(NC(=O)Nc2cnn(CC(=O)NCCN(C)C)c2)c1. The molecule has 2 rings (SSSR count). The highest BCUT2D eigenvalue weighted by molar-refractivity contribution is 5.99. The number of likely N-dealkylation sites (N-methyl/N-ethyl adjacent to an activating group) is 1. The fraction of sp³-hybridized carbons (Fsp3) is 0.353. The summed E-state index contributed by atoms with van der Waals surface area (Å²) in [5.74, 6) is -0.124. The number of benzene rings is 1. The summed E-state index contributed by atoms with van der Waals surface area (Å²) in [6.45, 7) is 3.42. The topological polar surface area (TPSA) is 91.3 Å². The molecule has 25 heavy (non-hydrogen) atoms. The first-order chi connectivity index (χ1) is 11.9. The summed E-state index contributed by atoms with van der Waals surface area (Å²) < 4.78 is 1.48. The van der Waals surface area contributed by atoms with Gasteiger partial charge in [-0.1, -0.05) is 12.1 Å². The van der Waals surface area contributed by atoms with E-state index in [0.717, 1.165) is 12.1 Å². The lowest BCUT2D eigenvalue weighted by molar-refractivity contribution is -0.121. The Hall–Kier alpha value is -2.87. The molecule has 0 saturated heterocycles. The number of amides is 3. The highest BCUT2D eigenvalue weighted by atomic mass is 16.2. The smallest absolute Gasteiger partial charge is 0.323 e. The van der Waals surface area contributed by atoms with Gasteiger partial charge in [0.2, 0.25) is 5.91 Å². The Morgan fingerprint density at radius 1 is 1.20 bits per heavy atom. The number of carbonyl (C=O) groups excluding carboxylic acids is 2. The number of aryl methyl sites for hydroxylation is 1. The lowest BCUT2D eigenvalue weighted by atomic mass is 10.2. The molecule has 0 aliphatic heterocycles. The summed E-state index contributed by atoms with van der Waals surface area (Å²) in [4.78, 5) is 25.8. The zero-order chi connectivity index (χ0) is 18.2. The van der Waals surface area contributed by atoms with Gasteiger partial charge in [0.05, 0.1) is 11.9 Å². The largest absolute Gasteiger partial charge is 0.353 e. The molecule has 1 heterocycles. The van der Waals surface area contributed by atoms with Crippen molar-refractivity contribution in [2.45, 2.75) is 13.5 Å². The van der Waals surface area contributed by atoms with E-state index in [0.29, 0.717) is 17.9 Å². The Labute approximate surface area is 147 Å². The van der Waals surface area contributed by atoms with Crippen LogP contribution in [0.2, 0.25) is 0 Å². The lowest BCUT2D eigenvalue weighted by Gasteiger charge is -2.10. The third-order valence-electron chi connectivity index (χ3n) is 3.35. The van der Waals surface area contributed by atoms with Crippen molar-refractivity contribution in [1.82, 2.24) is 20.0 Å². The number of urea groups is 1. The van der Waals surface area contributed by atoms with Crippen molar-refractivity contribution in [2.75, 3.05) is 37.8 Å². The van der Waals surface area contributed by atoms with Crippen molar-refractivity contribution in [3.05, 3.63) is 42.2 Å². The summed E-state index contributed by atoms with van der Waals surface area (Å²) in [7, 11) is 3.89. The number of carbonyl (C=O) groups is 2.